The van der Waals surface area contributed by atoms with Crippen molar-refractivity contribution in [3.8, 4) is 0 Å². The molecule has 0 aromatic heterocycles. The number of hydrogen-bond acceptors (Lipinski definition) is 3. The van der Waals surface area contributed by atoms with Gasteiger partial charge in [-0.25, -0.2) is 0 Å². The highest BCUT2D eigenvalue weighted by atomic mass is 16.5. The molecule has 15 heavy (non-hydrogen) atoms. The molecule has 1 saturated heterocycles. The second-order valence-electron chi connectivity index (χ2n) is 5.02. The number of ether oxygens (including phenoxy) is 1. The van der Waals surface area contributed by atoms with Gasteiger partial charge in [0.25, 0.3) is 0 Å². The predicted molar refractivity (Wildman–Crippen MR) is 61.7 cm³/mol. The maximum Gasteiger partial charge on any atom is 0.0506 e. The van der Waals surface area contributed by atoms with Crippen LogP contribution in [0, 0.1) is 11.8 Å². The second kappa shape index (κ2) is 5.83. The van der Waals surface area contributed by atoms with E-state index in [1.54, 1.807) is 0 Å². The standard InChI is InChI=1S/C12H24N2O/c13-7-11-4-1-5-12(11)14-8-10-3-2-6-15-9-10/h10-12,14H,1-9,13H2. The van der Waals surface area contributed by atoms with Gasteiger partial charge in [-0.15, -0.1) is 0 Å². The summed E-state index contributed by atoms with van der Waals surface area (Å²) in [6, 6.07) is 0.678. The average molecular weight is 212 g/mol. The van der Waals surface area contributed by atoms with E-state index in [0.717, 1.165) is 38.1 Å². The first kappa shape index (κ1) is 11.4. The number of nitrogens with one attached hydrogen (secondary N) is 1. The Hall–Kier alpha value is -0.120. The van der Waals surface area contributed by atoms with Crippen LogP contribution in [0.3, 0.4) is 0 Å². The topological polar surface area (TPSA) is 47.3 Å². The summed E-state index contributed by atoms with van der Waals surface area (Å²) in [6.45, 7) is 3.89. The molecular formula is C12H24N2O. The lowest BCUT2D eigenvalue weighted by Crippen LogP contribution is -2.40. The molecule has 1 saturated carbocycles. The molecule has 0 radical (unpaired) electrons. The fourth-order valence-electron chi connectivity index (χ4n) is 2.87. The Balaban J connectivity index is 1.67. The van der Waals surface area contributed by atoms with Gasteiger partial charge >= 0.3 is 0 Å². The monoisotopic (exact) mass is 212 g/mol. The van der Waals surface area contributed by atoms with Crippen LogP contribution in [0.1, 0.15) is 32.1 Å². The van der Waals surface area contributed by atoms with Crippen LogP contribution in [0.4, 0.5) is 0 Å². The zero-order valence-corrected chi connectivity index (χ0v) is 9.58. The maximum absolute atomic E-state index is 5.77. The summed E-state index contributed by atoms with van der Waals surface area (Å²) >= 11 is 0. The van der Waals surface area contributed by atoms with Gasteiger partial charge in [-0.05, 0) is 44.1 Å². The highest BCUT2D eigenvalue weighted by Crippen LogP contribution is 2.25. The Morgan fingerprint density at radius 2 is 2.13 bits per heavy atom. The number of rotatable bonds is 4. The third-order valence-electron chi connectivity index (χ3n) is 3.89. The Bertz CT molecular complexity index is 180. The fraction of sp³-hybridized carbons (Fsp3) is 1.00. The summed E-state index contributed by atoms with van der Waals surface area (Å²) in [5.41, 5.74) is 5.77. The van der Waals surface area contributed by atoms with Gasteiger partial charge in [0.2, 0.25) is 0 Å². The van der Waals surface area contributed by atoms with E-state index in [2.05, 4.69) is 5.32 Å². The van der Waals surface area contributed by atoms with Crippen LogP contribution in [0.15, 0.2) is 0 Å². The third-order valence-corrected chi connectivity index (χ3v) is 3.89. The van der Waals surface area contributed by atoms with E-state index >= 15 is 0 Å². The molecule has 1 heterocycles. The first-order valence-corrected chi connectivity index (χ1v) is 6.41. The molecule has 0 bridgehead atoms. The average Bonchev–Trinajstić information content (AvgIpc) is 2.75. The molecule has 3 atom stereocenters. The van der Waals surface area contributed by atoms with Crippen LogP contribution in [0.2, 0.25) is 0 Å². The van der Waals surface area contributed by atoms with E-state index in [9.17, 15) is 0 Å². The lowest BCUT2D eigenvalue weighted by molar-refractivity contribution is 0.0533. The molecule has 0 spiro atoms. The molecule has 0 aromatic carbocycles. The van der Waals surface area contributed by atoms with Gasteiger partial charge in [-0.3, -0.25) is 0 Å². The van der Waals surface area contributed by atoms with Gasteiger partial charge in [0.05, 0.1) is 6.61 Å². The van der Waals surface area contributed by atoms with Crippen LogP contribution in [-0.2, 0) is 4.74 Å². The smallest absolute Gasteiger partial charge is 0.0506 e. The molecule has 3 N–H and O–H groups in total. The summed E-state index contributed by atoms with van der Waals surface area (Å²) < 4.78 is 5.49. The largest absolute Gasteiger partial charge is 0.381 e. The molecule has 3 heteroatoms. The zero-order chi connectivity index (χ0) is 10.5. The molecule has 1 aliphatic heterocycles. The molecule has 2 aliphatic rings. The molecule has 1 aliphatic carbocycles. The van der Waals surface area contributed by atoms with E-state index in [0.29, 0.717) is 6.04 Å². The minimum Gasteiger partial charge on any atom is -0.381 e. The minimum absolute atomic E-state index is 0.678. The molecule has 0 amide bonds. The summed E-state index contributed by atoms with van der Waals surface area (Å²) in [5, 5.41) is 3.69. The highest BCUT2D eigenvalue weighted by molar-refractivity contribution is 4.84. The van der Waals surface area contributed by atoms with E-state index in [4.69, 9.17) is 10.5 Å². The fourth-order valence-corrected chi connectivity index (χ4v) is 2.87. The van der Waals surface area contributed by atoms with Crippen molar-refractivity contribution in [3.63, 3.8) is 0 Å². The van der Waals surface area contributed by atoms with Crippen LogP contribution < -0.4 is 11.1 Å². The van der Waals surface area contributed by atoms with Gasteiger partial charge in [0.15, 0.2) is 0 Å². The molecule has 3 nitrogen and oxygen atoms in total. The normalized spacial score (nSPS) is 37.0. The lowest BCUT2D eigenvalue weighted by Gasteiger charge is -2.26. The summed E-state index contributed by atoms with van der Waals surface area (Å²) in [4.78, 5) is 0. The third kappa shape index (κ3) is 3.16. The lowest BCUT2D eigenvalue weighted by atomic mass is 10.00. The van der Waals surface area contributed by atoms with E-state index < -0.39 is 0 Å². The van der Waals surface area contributed by atoms with Gasteiger partial charge in [-0.1, -0.05) is 6.42 Å². The Morgan fingerprint density at radius 1 is 1.20 bits per heavy atom. The summed E-state index contributed by atoms with van der Waals surface area (Å²) in [6.07, 6.45) is 6.54. The predicted octanol–water partition coefficient (Wildman–Crippen LogP) is 1.13. The van der Waals surface area contributed by atoms with E-state index in [1.165, 1.54) is 32.1 Å². The quantitative estimate of drug-likeness (QED) is 0.734. The molecule has 0 aromatic rings. The van der Waals surface area contributed by atoms with Crippen molar-refractivity contribution in [1.82, 2.24) is 5.32 Å². The Morgan fingerprint density at radius 3 is 2.87 bits per heavy atom. The Kier molecular flexibility index (Phi) is 4.42. The van der Waals surface area contributed by atoms with Crippen LogP contribution >= 0.6 is 0 Å². The van der Waals surface area contributed by atoms with Crippen molar-refractivity contribution in [2.24, 2.45) is 17.6 Å². The van der Waals surface area contributed by atoms with Crippen molar-refractivity contribution in [1.29, 1.82) is 0 Å². The van der Waals surface area contributed by atoms with Crippen molar-refractivity contribution in [2.45, 2.75) is 38.1 Å². The van der Waals surface area contributed by atoms with Gasteiger partial charge in [0, 0.05) is 19.2 Å². The molecule has 2 fully saturated rings. The molecular weight excluding hydrogens is 188 g/mol. The number of nitrogens with two attached hydrogens (primary N) is 1. The van der Waals surface area contributed by atoms with Crippen molar-refractivity contribution in [3.05, 3.63) is 0 Å². The zero-order valence-electron chi connectivity index (χ0n) is 9.58. The molecule has 88 valence electrons. The Labute approximate surface area is 92.7 Å². The van der Waals surface area contributed by atoms with Crippen LogP contribution in [0.25, 0.3) is 0 Å². The van der Waals surface area contributed by atoms with Gasteiger partial charge in [0.1, 0.15) is 0 Å². The second-order valence-corrected chi connectivity index (χ2v) is 5.02. The van der Waals surface area contributed by atoms with E-state index in [-0.39, 0.29) is 0 Å². The van der Waals surface area contributed by atoms with Crippen molar-refractivity contribution in [2.75, 3.05) is 26.3 Å². The number of hydrogen-bond donors (Lipinski definition) is 2. The highest BCUT2D eigenvalue weighted by Gasteiger charge is 2.26. The van der Waals surface area contributed by atoms with Gasteiger partial charge in [-0.2, -0.15) is 0 Å². The first-order chi connectivity index (χ1) is 7.40. The summed E-state index contributed by atoms with van der Waals surface area (Å²) in [5.74, 6) is 1.45. The van der Waals surface area contributed by atoms with Crippen molar-refractivity contribution >= 4 is 0 Å². The summed E-state index contributed by atoms with van der Waals surface area (Å²) in [7, 11) is 0. The minimum atomic E-state index is 0.678. The van der Waals surface area contributed by atoms with E-state index in [1.807, 2.05) is 0 Å². The van der Waals surface area contributed by atoms with Crippen LogP contribution in [0.5, 0.6) is 0 Å². The molecule has 2 rings (SSSR count). The SMILES string of the molecule is NCC1CCCC1NCC1CCCOC1. The molecule has 3 unspecified atom stereocenters. The van der Waals surface area contributed by atoms with Crippen LogP contribution in [-0.4, -0.2) is 32.3 Å². The maximum atomic E-state index is 5.77. The van der Waals surface area contributed by atoms with Crippen molar-refractivity contribution < 1.29 is 4.74 Å². The van der Waals surface area contributed by atoms with Gasteiger partial charge < -0.3 is 15.8 Å². The first-order valence-electron chi connectivity index (χ1n) is 6.41.